The minimum Gasteiger partial charge on any atom is -0.371 e. The third-order valence-corrected chi connectivity index (χ3v) is 4.80. The fraction of sp³-hybridized carbons (Fsp3) is 0.833. The van der Waals surface area contributed by atoms with Crippen LogP contribution in [0.3, 0.4) is 0 Å². The highest BCUT2D eigenvalue weighted by Gasteiger charge is 2.37. The first-order valence-corrected chi connectivity index (χ1v) is 8.14. The lowest BCUT2D eigenvalue weighted by Crippen LogP contribution is -2.44. The van der Waals surface area contributed by atoms with E-state index in [1.165, 1.54) is 12.8 Å². The van der Waals surface area contributed by atoms with Crippen LogP contribution in [0, 0.1) is 0 Å². The van der Waals surface area contributed by atoms with E-state index in [-0.39, 0.29) is 0 Å². The normalized spacial score (nSPS) is 12.5. The predicted octanol–water partition coefficient (Wildman–Crippen LogP) is 3.32. The molecule has 0 unspecified atom stereocenters. The van der Waals surface area contributed by atoms with E-state index < -0.39 is 8.80 Å². The fourth-order valence-corrected chi connectivity index (χ4v) is 3.62. The van der Waals surface area contributed by atoms with E-state index in [4.69, 9.17) is 13.3 Å². The molecule has 0 aromatic heterocycles. The van der Waals surface area contributed by atoms with Gasteiger partial charge in [-0.05, 0) is 32.9 Å². The summed E-state index contributed by atoms with van der Waals surface area (Å²) >= 11 is 0. The molecule has 0 aliphatic carbocycles. The number of hydrogen-bond donors (Lipinski definition) is 0. The Balaban J connectivity index is 4.39. The van der Waals surface area contributed by atoms with Gasteiger partial charge in [0.15, 0.2) is 0 Å². The summed E-state index contributed by atoms with van der Waals surface area (Å²) in [5.74, 6) is 0. The Hall–Kier alpha value is -0.163. The largest absolute Gasteiger partial charge is 0.529 e. The van der Waals surface area contributed by atoms with Crippen LogP contribution in [0.4, 0.5) is 0 Å². The lowest BCUT2D eigenvalue weighted by atomic mass is 10.2. The van der Waals surface area contributed by atoms with E-state index in [9.17, 15) is 0 Å². The van der Waals surface area contributed by atoms with Crippen molar-refractivity contribution in [2.24, 2.45) is 0 Å². The molecule has 0 aromatic rings. The smallest absolute Gasteiger partial charge is 0.371 e. The molecular formula is C12H26O3Si. The second-order valence-corrected chi connectivity index (χ2v) is 5.85. The van der Waals surface area contributed by atoms with Crippen LogP contribution in [-0.4, -0.2) is 28.6 Å². The van der Waals surface area contributed by atoms with Crippen molar-refractivity contribution in [1.82, 2.24) is 0 Å². The lowest BCUT2D eigenvalue weighted by Gasteiger charge is -2.25. The molecule has 3 nitrogen and oxygen atoms in total. The molecule has 0 saturated carbocycles. The van der Waals surface area contributed by atoms with Gasteiger partial charge in [0.25, 0.3) is 0 Å². The fourth-order valence-electron chi connectivity index (χ4n) is 1.42. The molecule has 0 bridgehead atoms. The van der Waals surface area contributed by atoms with Crippen LogP contribution in [0.15, 0.2) is 11.8 Å². The van der Waals surface area contributed by atoms with Crippen LogP contribution in [-0.2, 0) is 13.3 Å². The van der Waals surface area contributed by atoms with Gasteiger partial charge in [0.2, 0.25) is 0 Å². The molecule has 0 amide bonds. The highest BCUT2D eigenvalue weighted by atomic mass is 28.4. The molecule has 0 heterocycles. The lowest BCUT2D eigenvalue weighted by molar-refractivity contribution is 0.0842. The average molecular weight is 246 g/mol. The molecule has 0 radical (unpaired) electrons. The number of hydrogen-bond acceptors (Lipinski definition) is 3. The molecule has 0 spiro atoms. The maximum absolute atomic E-state index is 5.70. The van der Waals surface area contributed by atoms with Gasteiger partial charge in [0, 0.05) is 19.8 Å². The Morgan fingerprint density at radius 3 is 1.75 bits per heavy atom. The summed E-state index contributed by atoms with van der Waals surface area (Å²) in [7, 11) is -2.53. The Labute approximate surface area is 101 Å². The van der Waals surface area contributed by atoms with Gasteiger partial charge < -0.3 is 13.3 Å². The first-order chi connectivity index (χ1) is 7.74. The zero-order valence-electron chi connectivity index (χ0n) is 11.1. The second kappa shape index (κ2) is 10.0. The number of unbranched alkanes of at least 4 members (excludes halogenated alkanes) is 2. The van der Waals surface area contributed by atoms with Crippen molar-refractivity contribution in [3.63, 3.8) is 0 Å². The van der Waals surface area contributed by atoms with Gasteiger partial charge >= 0.3 is 8.80 Å². The first kappa shape index (κ1) is 15.8. The van der Waals surface area contributed by atoms with Crippen molar-refractivity contribution in [3.8, 4) is 0 Å². The van der Waals surface area contributed by atoms with Crippen molar-refractivity contribution < 1.29 is 13.3 Å². The van der Waals surface area contributed by atoms with E-state index in [0.29, 0.717) is 19.8 Å². The summed E-state index contributed by atoms with van der Waals surface area (Å²) in [5, 5.41) is 0. The second-order valence-electron chi connectivity index (χ2n) is 3.45. The third-order valence-electron chi connectivity index (χ3n) is 2.08. The quantitative estimate of drug-likeness (QED) is 0.437. The van der Waals surface area contributed by atoms with Gasteiger partial charge in [0.1, 0.15) is 0 Å². The summed E-state index contributed by atoms with van der Waals surface area (Å²) in [5.41, 5.74) is 2.03. The van der Waals surface area contributed by atoms with E-state index in [0.717, 1.165) is 6.42 Å². The Kier molecular flexibility index (Phi) is 9.92. The summed E-state index contributed by atoms with van der Waals surface area (Å²) in [6, 6.07) is 0. The Morgan fingerprint density at radius 2 is 1.38 bits per heavy atom. The van der Waals surface area contributed by atoms with E-state index in [1.807, 2.05) is 26.5 Å². The third kappa shape index (κ3) is 6.43. The molecule has 96 valence electrons. The molecule has 0 aromatic carbocycles. The van der Waals surface area contributed by atoms with Crippen LogP contribution in [0.25, 0.3) is 0 Å². The SMILES string of the molecule is CCCCC=C[Si](OCC)(OCC)OCC. The Bertz CT molecular complexity index is 166. The van der Waals surface area contributed by atoms with Crippen LogP contribution in [0.2, 0.25) is 0 Å². The van der Waals surface area contributed by atoms with E-state index in [1.54, 1.807) is 0 Å². The summed E-state index contributed by atoms with van der Waals surface area (Å²) in [6.07, 6.45) is 5.61. The van der Waals surface area contributed by atoms with Crippen LogP contribution < -0.4 is 0 Å². The van der Waals surface area contributed by atoms with Gasteiger partial charge in [-0.15, -0.1) is 0 Å². The number of rotatable bonds is 10. The van der Waals surface area contributed by atoms with Crippen molar-refractivity contribution >= 4 is 8.80 Å². The maximum Gasteiger partial charge on any atom is 0.529 e. The molecule has 4 heteroatoms. The highest BCUT2D eigenvalue weighted by Crippen LogP contribution is 2.12. The molecular weight excluding hydrogens is 220 g/mol. The summed E-state index contributed by atoms with van der Waals surface area (Å²) < 4.78 is 17.1. The molecule has 0 rings (SSSR count). The monoisotopic (exact) mass is 246 g/mol. The molecule has 16 heavy (non-hydrogen) atoms. The maximum atomic E-state index is 5.70. The molecule has 0 atom stereocenters. The molecule has 0 fully saturated rings. The summed E-state index contributed by atoms with van der Waals surface area (Å²) in [6.45, 7) is 9.99. The van der Waals surface area contributed by atoms with Crippen molar-refractivity contribution in [1.29, 1.82) is 0 Å². The van der Waals surface area contributed by atoms with Gasteiger partial charge in [-0.3, -0.25) is 0 Å². The first-order valence-electron chi connectivity index (χ1n) is 6.34. The van der Waals surface area contributed by atoms with Crippen molar-refractivity contribution in [2.45, 2.75) is 47.0 Å². The van der Waals surface area contributed by atoms with Crippen LogP contribution in [0.5, 0.6) is 0 Å². The topological polar surface area (TPSA) is 27.7 Å². The highest BCUT2D eigenvalue weighted by molar-refractivity contribution is 6.66. The molecule has 0 saturated heterocycles. The number of allylic oxidation sites excluding steroid dienone is 1. The molecule has 0 aliphatic rings. The van der Waals surface area contributed by atoms with Gasteiger partial charge in [0.05, 0.1) is 0 Å². The van der Waals surface area contributed by atoms with Crippen LogP contribution in [0.1, 0.15) is 47.0 Å². The molecule has 0 N–H and O–H groups in total. The van der Waals surface area contributed by atoms with E-state index in [2.05, 4.69) is 13.0 Å². The van der Waals surface area contributed by atoms with Gasteiger partial charge in [-0.25, -0.2) is 0 Å². The standard InChI is InChI=1S/C12H26O3Si/c1-5-9-10-11-12-16(13-6-2,14-7-3)15-8-4/h11-12H,5-10H2,1-4H3. The molecule has 0 aliphatic heterocycles. The van der Waals surface area contributed by atoms with Crippen molar-refractivity contribution in [3.05, 3.63) is 11.8 Å². The zero-order chi connectivity index (χ0) is 12.3. The van der Waals surface area contributed by atoms with Gasteiger partial charge in [-0.1, -0.05) is 25.8 Å². The van der Waals surface area contributed by atoms with Gasteiger partial charge in [-0.2, -0.15) is 0 Å². The average Bonchev–Trinajstić information content (AvgIpc) is 2.26. The zero-order valence-corrected chi connectivity index (χ0v) is 12.1. The minimum atomic E-state index is -2.53. The summed E-state index contributed by atoms with van der Waals surface area (Å²) in [4.78, 5) is 0. The van der Waals surface area contributed by atoms with Crippen LogP contribution >= 0.6 is 0 Å². The van der Waals surface area contributed by atoms with Crippen molar-refractivity contribution in [2.75, 3.05) is 19.8 Å². The Morgan fingerprint density at radius 1 is 0.875 bits per heavy atom. The predicted molar refractivity (Wildman–Crippen MR) is 69.3 cm³/mol. The minimum absolute atomic E-state index is 0.629. The van der Waals surface area contributed by atoms with E-state index >= 15 is 0 Å².